The number of carbonyl (C=O) groups excluding carboxylic acids is 1. The van der Waals surface area contributed by atoms with E-state index in [1.165, 1.54) is 0 Å². The standard InChI is InChI=1S/C17H25N3O3/c1-13(11-20-16(21)23-17(2,3)4)19-12-14-5-7-15(8-6-14)22-10-9-18/h5-8,13,19H,10-12H2,1-4H3,(H,20,21). The summed E-state index contributed by atoms with van der Waals surface area (Å²) in [5.74, 6) is 0.676. The molecule has 1 rings (SSSR count). The van der Waals surface area contributed by atoms with E-state index < -0.39 is 11.7 Å². The van der Waals surface area contributed by atoms with Gasteiger partial charge in [0, 0.05) is 19.1 Å². The zero-order chi connectivity index (χ0) is 17.3. The summed E-state index contributed by atoms with van der Waals surface area (Å²) >= 11 is 0. The summed E-state index contributed by atoms with van der Waals surface area (Å²) in [6, 6.07) is 9.58. The molecule has 126 valence electrons. The second-order valence-electron chi connectivity index (χ2n) is 6.26. The molecule has 0 fully saturated rings. The fourth-order valence-corrected chi connectivity index (χ4v) is 1.73. The van der Waals surface area contributed by atoms with E-state index in [1.54, 1.807) is 0 Å². The minimum absolute atomic E-state index is 0.0466. The topological polar surface area (TPSA) is 83.4 Å². The third-order valence-corrected chi connectivity index (χ3v) is 2.83. The minimum atomic E-state index is -0.490. The first kappa shape index (κ1) is 18.8. The molecule has 1 aromatic carbocycles. The van der Waals surface area contributed by atoms with E-state index in [0.29, 0.717) is 18.8 Å². The van der Waals surface area contributed by atoms with Gasteiger partial charge in [-0.05, 0) is 45.4 Å². The number of hydrogen-bond acceptors (Lipinski definition) is 5. The summed E-state index contributed by atoms with van der Waals surface area (Å²) in [7, 11) is 0. The van der Waals surface area contributed by atoms with E-state index in [-0.39, 0.29) is 12.6 Å². The van der Waals surface area contributed by atoms with Crippen molar-refractivity contribution in [3.05, 3.63) is 29.8 Å². The Morgan fingerprint density at radius 1 is 1.30 bits per heavy atom. The largest absolute Gasteiger partial charge is 0.479 e. The zero-order valence-electron chi connectivity index (χ0n) is 14.2. The van der Waals surface area contributed by atoms with Crippen molar-refractivity contribution in [1.29, 1.82) is 5.26 Å². The molecule has 0 saturated heterocycles. The van der Waals surface area contributed by atoms with Gasteiger partial charge in [-0.25, -0.2) is 4.79 Å². The fraction of sp³-hybridized carbons (Fsp3) is 0.529. The molecule has 0 radical (unpaired) electrons. The molecule has 1 atom stereocenters. The number of benzene rings is 1. The van der Waals surface area contributed by atoms with Crippen molar-refractivity contribution in [2.24, 2.45) is 0 Å². The van der Waals surface area contributed by atoms with Gasteiger partial charge in [0.25, 0.3) is 0 Å². The van der Waals surface area contributed by atoms with Crippen LogP contribution in [-0.2, 0) is 11.3 Å². The maximum atomic E-state index is 11.6. The number of ether oxygens (including phenoxy) is 2. The van der Waals surface area contributed by atoms with Crippen molar-refractivity contribution in [2.75, 3.05) is 13.2 Å². The SMILES string of the molecule is CC(CNC(=O)OC(C)(C)C)NCc1ccc(OCC#N)cc1. The van der Waals surface area contributed by atoms with Crippen LogP contribution < -0.4 is 15.4 Å². The Hall–Kier alpha value is -2.26. The lowest BCUT2D eigenvalue weighted by Gasteiger charge is -2.21. The van der Waals surface area contributed by atoms with Crippen molar-refractivity contribution < 1.29 is 14.3 Å². The van der Waals surface area contributed by atoms with Crippen LogP contribution in [0.2, 0.25) is 0 Å². The summed E-state index contributed by atoms with van der Waals surface area (Å²) in [5.41, 5.74) is 0.606. The molecule has 0 aliphatic carbocycles. The van der Waals surface area contributed by atoms with Gasteiger partial charge in [-0.3, -0.25) is 0 Å². The number of nitrogens with one attached hydrogen (secondary N) is 2. The normalized spacial score (nSPS) is 12.1. The molecular weight excluding hydrogens is 294 g/mol. The van der Waals surface area contributed by atoms with Crippen molar-refractivity contribution >= 4 is 6.09 Å². The average Bonchev–Trinajstić information content (AvgIpc) is 2.48. The number of nitrogens with zero attached hydrogens (tertiary/aromatic N) is 1. The number of hydrogen-bond donors (Lipinski definition) is 2. The van der Waals surface area contributed by atoms with Gasteiger partial charge in [0.05, 0.1) is 0 Å². The molecule has 0 saturated carbocycles. The van der Waals surface area contributed by atoms with Crippen LogP contribution in [-0.4, -0.2) is 30.9 Å². The van der Waals surface area contributed by atoms with Crippen molar-refractivity contribution in [3.8, 4) is 11.8 Å². The molecule has 0 aliphatic heterocycles. The van der Waals surface area contributed by atoms with Gasteiger partial charge in [0.1, 0.15) is 17.4 Å². The summed E-state index contributed by atoms with van der Waals surface area (Å²) in [6.45, 7) is 8.69. The second kappa shape index (κ2) is 9.01. The molecule has 1 amide bonds. The van der Waals surface area contributed by atoms with Crippen LogP contribution >= 0.6 is 0 Å². The molecule has 0 aliphatic rings. The smallest absolute Gasteiger partial charge is 0.407 e. The van der Waals surface area contributed by atoms with Gasteiger partial charge in [0.15, 0.2) is 6.61 Å². The van der Waals surface area contributed by atoms with E-state index in [9.17, 15) is 4.79 Å². The Kier molecular flexibility index (Phi) is 7.36. The van der Waals surface area contributed by atoms with Crippen molar-refractivity contribution in [1.82, 2.24) is 10.6 Å². The number of alkyl carbamates (subject to hydrolysis) is 1. The molecule has 0 aromatic heterocycles. The highest BCUT2D eigenvalue weighted by Crippen LogP contribution is 2.12. The van der Waals surface area contributed by atoms with E-state index >= 15 is 0 Å². The van der Waals surface area contributed by atoms with Crippen LogP contribution in [0.5, 0.6) is 5.75 Å². The Bertz CT molecular complexity index is 529. The Balaban J connectivity index is 2.29. The Labute approximate surface area is 137 Å². The third-order valence-electron chi connectivity index (χ3n) is 2.83. The number of nitriles is 1. The summed E-state index contributed by atoms with van der Waals surface area (Å²) in [5, 5.41) is 14.5. The lowest BCUT2D eigenvalue weighted by Crippen LogP contribution is -2.40. The molecule has 2 N–H and O–H groups in total. The number of carbonyl (C=O) groups is 1. The molecule has 6 nitrogen and oxygen atoms in total. The first-order valence-electron chi connectivity index (χ1n) is 7.59. The van der Waals surface area contributed by atoms with Crippen molar-refractivity contribution in [2.45, 2.75) is 45.9 Å². The van der Waals surface area contributed by atoms with E-state index in [2.05, 4.69) is 10.6 Å². The van der Waals surface area contributed by atoms with Gasteiger partial charge in [-0.2, -0.15) is 5.26 Å². The first-order chi connectivity index (χ1) is 10.8. The maximum absolute atomic E-state index is 11.6. The molecule has 1 unspecified atom stereocenters. The highest BCUT2D eigenvalue weighted by Gasteiger charge is 2.16. The van der Waals surface area contributed by atoms with Crippen LogP contribution in [0.25, 0.3) is 0 Å². The molecule has 0 bridgehead atoms. The Morgan fingerprint density at radius 2 is 1.96 bits per heavy atom. The second-order valence-corrected chi connectivity index (χ2v) is 6.26. The average molecular weight is 319 g/mol. The molecule has 6 heteroatoms. The first-order valence-corrected chi connectivity index (χ1v) is 7.59. The molecule has 1 aromatic rings. The zero-order valence-corrected chi connectivity index (χ0v) is 14.2. The van der Waals surface area contributed by atoms with Gasteiger partial charge < -0.3 is 20.1 Å². The Morgan fingerprint density at radius 3 is 2.52 bits per heavy atom. The summed E-state index contributed by atoms with van der Waals surface area (Å²) in [6.07, 6.45) is -0.412. The van der Waals surface area contributed by atoms with Gasteiger partial charge in [0.2, 0.25) is 0 Å². The molecule has 0 heterocycles. The van der Waals surface area contributed by atoms with E-state index in [0.717, 1.165) is 5.56 Å². The van der Waals surface area contributed by atoms with Crippen LogP contribution in [0.15, 0.2) is 24.3 Å². The van der Waals surface area contributed by atoms with Gasteiger partial charge >= 0.3 is 6.09 Å². The van der Waals surface area contributed by atoms with E-state index in [4.69, 9.17) is 14.7 Å². The van der Waals surface area contributed by atoms with Crippen LogP contribution in [0.1, 0.15) is 33.3 Å². The molecule has 0 spiro atoms. The summed E-state index contributed by atoms with van der Waals surface area (Å²) < 4.78 is 10.4. The molecule has 23 heavy (non-hydrogen) atoms. The predicted octanol–water partition coefficient (Wildman–Crippen LogP) is 2.59. The minimum Gasteiger partial charge on any atom is -0.479 e. The highest BCUT2D eigenvalue weighted by molar-refractivity contribution is 5.67. The fourth-order valence-electron chi connectivity index (χ4n) is 1.73. The van der Waals surface area contributed by atoms with Crippen molar-refractivity contribution in [3.63, 3.8) is 0 Å². The van der Waals surface area contributed by atoms with E-state index in [1.807, 2.05) is 58.0 Å². The van der Waals surface area contributed by atoms with Crippen LogP contribution in [0.4, 0.5) is 4.79 Å². The number of rotatable bonds is 7. The third kappa shape index (κ3) is 8.69. The van der Waals surface area contributed by atoms with Gasteiger partial charge in [-0.15, -0.1) is 0 Å². The molecular formula is C17H25N3O3. The lowest BCUT2D eigenvalue weighted by molar-refractivity contribution is 0.0523. The van der Waals surface area contributed by atoms with Crippen LogP contribution in [0.3, 0.4) is 0 Å². The lowest BCUT2D eigenvalue weighted by atomic mass is 10.2. The predicted molar refractivity (Wildman–Crippen MR) is 88.1 cm³/mol. The van der Waals surface area contributed by atoms with Gasteiger partial charge in [-0.1, -0.05) is 12.1 Å². The van der Waals surface area contributed by atoms with Crippen LogP contribution in [0, 0.1) is 11.3 Å². The number of amides is 1. The monoisotopic (exact) mass is 319 g/mol. The summed E-state index contributed by atoms with van der Waals surface area (Å²) in [4.78, 5) is 11.6. The highest BCUT2D eigenvalue weighted by atomic mass is 16.6. The quantitative estimate of drug-likeness (QED) is 0.807. The maximum Gasteiger partial charge on any atom is 0.407 e.